The van der Waals surface area contributed by atoms with Crippen LogP contribution >= 0.6 is 0 Å². The van der Waals surface area contributed by atoms with Crippen LogP contribution in [-0.4, -0.2) is 215 Å². The van der Waals surface area contributed by atoms with Crippen LogP contribution in [0.4, 0.5) is 0 Å². The van der Waals surface area contributed by atoms with Crippen LogP contribution in [0.15, 0.2) is 0 Å². The Morgan fingerprint density at radius 3 is 1.14 bits per heavy atom. The highest BCUT2D eigenvalue weighted by Gasteiger charge is 2.60. The Balaban J connectivity index is 1.45. The molecule has 0 aromatic carbocycles. The van der Waals surface area contributed by atoms with Crippen LogP contribution < -0.4 is 10.6 Å². The molecule has 18 atom stereocenters. The van der Waals surface area contributed by atoms with Gasteiger partial charge in [0.2, 0.25) is 11.8 Å². The van der Waals surface area contributed by atoms with E-state index in [1.807, 2.05) is 0 Å². The van der Waals surface area contributed by atoms with E-state index in [0.717, 1.165) is 51.9 Å². The van der Waals surface area contributed by atoms with Crippen molar-refractivity contribution in [3.05, 3.63) is 0 Å². The van der Waals surface area contributed by atoms with E-state index in [1.165, 1.54) is 302 Å². The van der Waals surface area contributed by atoms with Gasteiger partial charge in [-0.2, -0.15) is 0 Å². The van der Waals surface area contributed by atoms with Gasteiger partial charge >= 0.3 is 5.97 Å². The summed E-state index contributed by atoms with van der Waals surface area (Å²) in [5.74, 6) is -6.08. The van der Waals surface area contributed by atoms with E-state index in [-0.39, 0.29) is 18.9 Å². The third-order valence-electron chi connectivity index (χ3n) is 23.3. The Hall–Kier alpha value is -2.27. The molecule has 23 heteroatoms. The first-order valence-electron chi connectivity index (χ1n) is 45.4. The summed E-state index contributed by atoms with van der Waals surface area (Å²) in [6, 6.07) is -2.53. The van der Waals surface area contributed by atoms with Crippen LogP contribution in [0, 0.1) is 0 Å². The summed E-state index contributed by atoms with van der Waals surface area (Å²) >= 11 is 0. The number of unbranched alkanes of at least 4 members (excludes halogenated alkanes) is 54. The van der Waals surface area contributed by atoms with Crippen molar-refractivity contribution in [1.82, 2.24) is 10.6 Å². The number of aliphatic carboxylic acids is 1. The zero-order valence-corrected chi connectivity index (χ0v) is 69.4. The lowest BCUT2D eigenvalue weighted by atomic mass is 9.88. The van der Waals surface area contributed by atoms with Crippen LogP contribution in [0.3, 0.4) is 0 Å². The summed E-state index contributed by atoms with van der Waals surface area (Å²) in [6.45, 7) is 2.30. The molecule has 110 heavy (non-hydrogen) atoms. The Morgan fingerprint density at radius 2 is 0.791 bits per heavy atom. The molecule has 18 unspecified atom stereocenters. The molecule has 3 fully saturated rings. The Bertz CT molecular complexity index is 2180. The van der Waals surface area contributed by atoms with Gasteiger partial charge in [0, 0.05) is 19.8 Å². The summed E-state index contributed by atoms with van der Waals surface area (Å²) < 4.78 is 35.1. The van der Waals surface area contributed by atoms with Crippen LogP contribution in [0.2, 0.25) is 0 Å². The fourth-order valence-corrected chi connectivity index (χ4v) is 16.2. The molecule has 0 saturated carbocycles. The summed E-state index contributed by atoms with van der Waals surface area (Å²) in [7, 11) is 0. The Labute approximate surface area is 665 Å². The van der Waals surface area contributed by atoms with Crippen molar-refractivity contribution in [1.29, 1.82) is 0 Å². The molecule has 0 bridgehead atoms. The molecule has 3 rings (SSSR count). The zero-order chi connectivity index (χ0) is 80.3. The second-order valence-electron chi connectivity index (χ2n) is 33.2. The molecule has 2 amide bonds. The second-order valence-corrected chi connectivity index (χ2v) is 33.2. The topological polar surface area (TPSA) is 373 Å². The highest BCUT2D eigenvalue weighted by Crippen LogP contribution is 2.39. The third kappa shape index (κ3) is 44.3. The number of ether oxygens (including phenoxy) is 6. The van der Waals surface area contributed by atoms with E-state index in [0.29, 0.717) is 19.3 Å². The normalized spacial score (nSPS) is 25.5. The molecule has 3 heterocycles. The number of rotatable bonds is 74. The maximum absolute atomic E-state index is 13.6. The first-order chi connectivity index (χ1) is 53.4. The monoisotopic (exact) mass is 1580 g/mol. The van der Waals surface area contributed by atoms with E-state index >= 15 is 0 Å². The van der Waals surface area contributed by atoms with E-state index in [4.69, 9.17) is 28.4 Å². The molecule has 3 saturated heterocycles. The molecule has 0 spiro atoms. The number of nitrogens with one attached hydrogen (secondary N) is 2. The lowest BCUT2D eigenvalue weighted by molar-refractivity contribution is -0.386. The van der Waals surface area contributed by atoms with Gasteiger partial charge in [0.15, 0.2) is 12.6 Å². The number of hydrogen-bond donors (Lipinski definition) is 14. The zero-order valence-electron chi connectivity index (χ0n) is 69.4. The quantitative estimate of drug-likeness (QED) is 0.0252. The van der Waals surface area contributed by atoms with Gasteiger partial charge in [0.1, 0.15) is 67.1 Å². The first-order valence-corrected chi connectivity index (χ1v) is 45.4. The summed E-state index contributed by atoms with van der Waals surface area (Å²) in [5, 5.41) is 137. The minimum absolute atomic E-state index is 0.230. The maximum atomic E-state index is 13.6. The number of carboxylic acids is 1. The van der Waals surface area contributed by atoms with Gasteiger partial charge in [0.25, 0.3) is 5.79 Å². The molecule has 14 N–H and O–H groups in total. The van der Waals surface area contributed by atoms with Gasteiger partial charge in [-0.15, -0.1) is 0 Å². The van der Waals surface area contributed by atoms with Crippen LogP contribution in [0.25, 0.3) is 0 Å². The number of hydrogen-bond acceptors (Lipinski definition) is 20. The SMILES string of the molecule is CCCCCCCCCCCCCCCCCCCCCCCCCCCCCCCCCC(=O)NC(COC1OC(CO)C(OC2OC(CO)C(O)C(OC3(C(=O)O)CC(O)C(NC(C)=O)C(C(O)C(O)CO)O3)C2O)C(O)C1O)C(O)CCCCCCCCCCCCCCCCCCCCCCCCCCC. The second kappa shape index (κ2) is 65.7. The number of carbonyl (C=O) groups excluding carboxylic acids is 2. The maximum Gasteiger partial charge on any atom is 0.364 e. The molecule has 3 aliphatic rings. The number of amides is 2. The number of aliphatic hydroxyl groups excluding tert-OH is 11. The van der Waals surface area contributed by atoms with Crippen LogP contribution in [0.1, 0.15) is 400 Å². The number of carboxylic acid groups (broad SMARTS) is 1. The van der Waals surface area contributed by atoms with Gasteiger partial charge in [-0.25, -0.2) is 4.79 Å². The van der Waals surface area contributed by atoms with Crippen molar-refractivity contribution in [3.8, 4) is 0 Å². The lowest BCUT2D eigenvalue weighted by Gasteiger charge is -2.50. The molecule has 23 nitrogen and oxygen atoms in total. The van der Waals surface area contributed by atoms with E-state index in [2.05, 4.69) is 24.5 Å². The fraction of sp³-hybridized carbons (Fsp3) is 0.966. The van der Waals surface area contributed by atoms with E-state index < -0.39 is 148 Å². The molecule has 0 aliphatic carbocycles. The summed E-state index contributed by atoms with van der Waals surface area (Å²) in [4.78, 5) is 38.8. The standard InChI is InChI=1S/C87H166N2O21/c1-4-6-8-10-12-14-16-18-20-22-24-26-28-30-31-32-33-34-35-37-39-41-43-45-47-49-51-53-55-57-59-61-74(97)89-68(69(94)60-58-56-54-52-50-48-46-44-42-40-38-36-29-27-25-23-21-19-17-15-13-11-9-7-5-2)66-105-84-79(101)78(100)81(73(65-92)107-84)108-85-80(102)83(77(99)72(64-91)106-85)110-87(86(103)104)62-70(95)75(88-67(3)93)82(109-87)76(98)71(96)63-90/h68-73,75-85,90-92,94-96,98-102H,4-66H2,1-3H3,(H,88,93)(H,89,97)(H,103,104). The average molecular weight is 1580 g/mol. The predicted molar refractivity (Wildman–Crippen MR) is 431 cm³/mol. The summed E-state index contributed by atoms with van der Waals surface area (Å²) in [5.41, 5.74) is 0. The van der Waals surface area contributed by atoms with Crippen molar-refractivity contribution in [2.24, 2.45) is 0 Å². The van der Waals surface area contributed by atoms with Crippen molar-refractivity contribution < 1.29 is 104 Å². The van der Waals surface area contributed by atoms with Gasteiger partial charge in [-0.1, -0.05) is 367 Å². The summed E-state index contributed by atoms with van der Waals surface area (Å²) in [6.07, 6.45) is 43.9. The van der Waals surface area contributed by atoms with Gasteiger partial charge < -0.3 is 100 Å². The molecule has 0 aromatic heterocycles. The fourth-order valence-electron chi connectivity index (χ4n) is 16.2. The highest BCUT2D eigenvalue weighted by molar-refractivity contribution is 5.77. The molecule has 0 aromatic rings. The third-order valence-corrected chi connectivity index (χ3v) is 23.3. The molecular formula is C87H166N2O21. The lowest BCUT2D eigenvalue weighted by Crippen LogP contribution is -2.70. The minimum atomic E-state index is -3.08. The number of carbonyl (C=O) groups is 3. The van der Waals surface area contributed by atoms with Crippen LogP contribution in [0.5, 0.6) is 0 Å². The smallest absolute Gasteiger partial charge is 0.364 e. The van der Waals surface area contributed by atoms with E-state index in [1.54, 1.807) is 0 Å². The van der Waals surface area contributed by atoms with Crippen molar-refractivity contribution in [3.63, 3.8) is 0 Å². The first kappa shape index (κ1) is 102. The van der Waals surface area contributed by atoms with E-state index in [9.17, 15) is 75.7 Å². The van der Waals surface area contributed by atoms with Crippen molar-refractivity contribution in [2.75, 3.05) is 26.4 Å². The largest absolute Gasteiger partial charge is 0.477 e. The molecule has 3 aliphatic heterocycles. The molecule has 650 valence electrons. The van der Waals surface area contributed by atoms with Crippen LogP contribution in [-0.2, 0) is 42.8 Å². The van der Waals surface area contributed by atoms with Crippen molar-refractivity contribution in [2.45, 2.75) is 509 Å². The minimum Gasteiger partial charge on any atom is -0.477 e. The highest BCUT2D eigenvalue weighted by atomic mass is 16.8. The number of aliphatic hydroxyl groups is 11. The molecule has 0 radical (unpaired) electrons. The average Bonchev–Trinajstić information content (AvgIpc) is 0.760. The Morgan fingerprint density at radius 1 is 0.436 bits per heavy atom. The van der Waals surface area contributed by atoms with Gasteiger partial charge in [0.05, 0.1) is 50.7 Å². The Kier molecular flexibility index (Phi) is 60.9. The predicted octanol–water partition coefficient (Wildman–Crippen LogP) is 14.3. The van der Waals surface area contributed by atoms with Gasteiger partial charge in [-0.05, 0) is 12.8 Å². The molecular weight excluding hydrogens is 1410 g/mol. The van der Waals surface area contributed by atoms with Crippen molar-refractivity contribution >= 4 is 17.8 Å². The van der Waals surface area contributed by atoms with Gasteiger partial charge in [-0.3, -0.25) is 9.59 Å².